The number of nitrogens with zero attached hydrogens (tertiary/aromatic N) is 3. The number of piperidine rings is 1. The van der Waals surface area contributed by atoms with E-state index < -0.39 is 0 Å². The fraction of sp³-hybridized carbons (Fsp3) is 0.357. The molecule has 0 aliphatic carbocycles. The van der Waals surface area contributed by atoms with Gasteiger partial charge in [-0.05, 0) is 31.5 Å². The van der Waals surface area contributed by atoms with E-state index in [2.05, 4.69) is 20.6 Å². The Labute approximate surface area is 117 Å². The minimum atomic E-state index is -0.0663. The third-order valence-corrected chi connectivity index (χ3v) is 3.41. The van der Waals surface area contributed by atoms with Gasteiger partial charge in [0.25, 0.3) is 5.91 Å². The van der Waals surface area contributed by atoms with E-state index in [1.807, 2.05) is 12.3 Å². The number of hydrogen-bond acceptors (Lipinski definition) is 4. The largest absolute Gasteiger partial charge is 0.348 e. The Balaban J connectivity index is 1.66. The highest BCUT2D eigenvalue weighted by Crippen LogP contribution is 2.07. The highest BCUT2D eigenvalue weighted by atomic mass is 16.1. The van der Waals surface area contributed by atoms with Crippen molar-refractivity contribution in [3.63, 3.8) is 0 Å². The molecule has 3 rings (SSSR count). The average molecular weight is 271 g/mol. The van der Waals surface area contributed by atoms with Crippen LogP contribution >= 0.6 is 0 Å². The number of hydrogen-bond donors (Lipinski definition) is 2. The van der Waals surface area contributed by atoms with E-state index >= 15 is 0 Å². The molecule has 6 nitrogen and oxygen atoms in total. The zero-order chi connectivity index (χ0) is 13.8. The minimum Gasteiger partial charge on any atom is -0.348 e. The van der Waals surface area contributed by atoms with Crippen LogP contribution in [0.3, 0.4) is 0 Å². The minimum absolute atomic E-state index is 0.0663. The average Bonchev–Trinajstić information content (AvgIpc) is 3.03. The molecule has 1 fully saturated rings. The maximum absolute atomic E-state index is 12.1. The van der Waals surface area contributed by atoms with Crippen molar-refractivity contribution >= 4 is 5.91 Å². The second kappa shape index (κ2) is 5.83. The van der Waals surface area contributed by atoms with Crippen molar-refractivity contribution in [1.82, 2.24) is 25.2 Å². The van der Waals surface area contributed by atoms with Gasteiger partial charge in [-0.2, -0.15) is 0 Å². The summed E-state index contributed by atoms with van der Waals surface area (Å²) in [6.07, 6.45) is 8.91. The smallest absolute Gasteiger partial charge is 0.253 e. The number of carbonyl (C=O) groups excluding carboxylic acids is 1. The molecule has 1 unspecified atom stereocenters. The molecule has 104 valence electrons. The van der Waals surface area contributed by atoms with Crippen LogP contribution in [0.5, 0.6) is 0 Å². The molecule has 2 aromatic rings. The normalized spacial score (nSPS) is 18.7. The Morgan fingerprint density at radius 2 is 2.40 bits per heavy atom. The zero-order valence-electron chi connectivity index (χ0n) is 11.1. The first-order valence-electron chi connectivity index (χ1n) is 6.79. The molecule has 3 heterocycles. The summed E-state index contributed by atoms with van der Waals surface area (Å²) < 4.78 is 1.80. The molecule has 1 aliphatic rings. The second-order valence-corrected chi connectivity index (χ2v) is 4.89. The maximum atomic E-state index is 12.1. The highest BCUT2D eigenvalue weighted by molar-refractivity contribution is 5.94. The number of aromatic nitrogens is 3. The summed E-state index contributed by atoms with van der Waals surface area (Å²) >= 11 is 0. The van der Waals surface area contributed by atoms with E-state index in [1.54, 1.807) is 29.4 Å². The quantitative estimate of drug-likeness (QED) is 0.864. The summed E-state index contributed by atoms with van der Waals surface area (Å²) in [5.41, 5.74) is 0.583. The van der Waals surface area contributed by atoms with Gasteiger partial charge in [0.1, 0.15) is 12.1 Å². The maximum Gasteiger partial charge on any atom is 0.253 e. The Hall–Kier alpha value is -2.21. The van der Waals surface area contributed by atoms with Crippen molar-refractivity contribution in [3.8, 4) is 5.82 Å². The van der Waals surface area contributed by atoms with Gasteiger partial charge in [-0.25, -0.2) is 9.97 Å². The van der Waals surface area contributed by atoms with Crippen LogP contribution in [-0.2, 0) is 0 Å². The van der Waals surface area contributed by atoms with Gasteiger partial charge in [0.2, 0.25) is 0 Å². The molecule has 0 aromatic carbocycles. The molecule has 1 atom stereocenters. The Morgan fingerprint density at radius 1 is 1.45 bits per heavy atom. The van der Waals surface area contributed by atoms with Crippen LogP contribution in [0.15, 0.2) is 37.1 Å². The van der Waals surface area contributed by atoms with Crippen LogP contribution in [-0.4, -0.2) is 39.6 Å². The summed E-state index contributed by atoms with van der Waals surface area (Å²) in [5, 5.41) is 6.31. The number of imidazole rings is 1. The van der Waals surface area contributed by atoms with Gasteiger partial charge in [0.15, 0.2) is 0 Å². The molecule has 0 bridgehead atoms. The molecular formula is C14H17N5O. The predicted octanol–water partition coefficient (Wildman–Crippen LogP) is 0.749. The van der Waals surface area contributed by atoms with E-state index in [0.29, 0.717) is 5.56 Å². The fourth-order valence-electron chi connectivity index (χ4n) is 2.31. The molecule has 0 spiro atoms. The summed E-state index contributed by atoms with van der Waals surface area (Å²) in [7, 11) is 0. The van der Waals surface area contributed by atoms with E-state index in [0.717, 1.165) is 31.7 Å². The summed E-state index contributed by atoms with van der Waals surface area (Å²) in [4.78, 5) is 20.4. The van der Waals surface area contributed by atoms with Crippen LogP contribution in [0.4, 0.5) is 0 Å². The predicted molar refractivity (Wildman–Crippen MR) is 74.7 cm³/mol. The lowest BCUT2D eigenvalue weighted by Crippen LogP contribution is -2.45. The molecule has 2 aromatic heterocycles. The molecule has 0 radical (unpaired) electrons. The Kier molecular flexibility index (Phi) is 3.73. The number of carbonyl (C=O) groups is 1. The molecule has 2 N–H and O–H groups in total. The molecule has 1 aliphatic heterocycles. The van der Waals surface area contributed by atoms with Crippen LogP contribution in [0.25, 0.3) is 5.82 Å². The third-order valence-electron chi connectivity index (χ3n) is 3.41. The highest BCUT2D eigenvalue weighted by Gasteiger charge is 2.16. The van der Waals surface area contributed by atoms with Crippen LogP contribution in [0.1, 0.15) is 23.2 Å². The van der Waals surface area contributed by atoms with Crippen LogP contribution < -0.4 is 10.6 Å². The molecule has 6 heteroatoms. The molecule has 0 saturated carbocycles. The monoisotopic (exact) mass is 271 g/mol. The van der Waals surface area contributed by atoms with E-state index in [-0.39, 0.29) is 11.9 Å². The summed E-state index contributed by atoms with van der Waals surface area (Å²) in [6.45, 7) is 1.87. The number of nitrogens with one attached hydrogen (secondary N) is 2. The molecule has 20 heavy (non-hydrogen) atoms. The van der Waals surface area contributed by atoms with E-state index in [1.165, 1.54) is 0 Å². The van der Waals surface area contributed by atoms with Gasteiger partial charge < -0.3 is 10.6 Å². The first-order chi connectivity index (χ1) is 9.83. The summed E-state index contributed by atoms with van der Waals surface area (Å²) in [5.74, 6) is 0.682. The van der Waals surface area contributed by atoms with E-state index in [9.17, 15) is 4.79 Å². The standard InChI is InChI=1S/C14H17N5O/c20-14(18-12-2-1-5-15-9-12)11-3-4-13(17-8-11)19-7-6-16-10-19/h3-4,6-8,10,12,15H,1-2,5,9H2,(H,18,20). The molecule has 1 amide bonds. The van der Waals surface area contributed by atoms with Gasteiger partial charge in [-0.15, -0.1) is 0 Å². The Bertz CT molecular complexity index is 558. The van der Waals surface area contributed by atoms with Gasteiger partial charge in [-0.3, -0.25) is 9.36 Å². The molecular weight excluding hydrogens is 254 g/mol. The van der Waals surface area contributed by atoms with Crippen molar-refractivity contribution in [2.45, 2.75) is 18.9 Å². The second-order valence-electron chi connectivity index (χ2n) is 4.89. The first-order valence-corrected chi connectivity index (χ1v) is 6.79. The van der Waals surface area contributed by atoms with Crippen molar-refractivity contribution in [1.29, 1.82) is 0 Å². The molecule has 1 saturated heterocycles. The van der Waals surface area contributed by atoms with Crippen molar-refractivity contribution in [3.05, 3.63) is 42.6 Å². The number of rotatable bonds is 3. The van der Waals surface area contributed by atoms with Crippen molar-refractivity contribution in [2.75, 3.05) is 13.1 Å². The van der Waals surface area contributed by atoms with Crippen LogP contribution in [0, 0.1) is 0 Å². The van der Waals surface area contributed by atoms with Gasteiger partial charge in [-0.1, -0.05) is 0 Å². The Morgan fingerprint density at radius 3 is 3.05 bits per heavy atom. The van der Waals surface area contributed by atoms with Gasteiger partial charge >= 0.3 is 0 Å². The van der Waals surface area contributed by atoms with Crippen molar-refractivity contribution < 1.29 is 4.79 Å². The topological polar surface area (TPSA) is 71.8 Å². The fourth-order valence-corrected chi connectivity index (χ4v) is 2.31. The van der Waals surface area contributed by atoms with Gasteiger partial charge in [0.05, 0.1) is 5.56 Å². The van der Waals surface area contributed by atoms with Crippen LogP contribution in [0.2, 0.25) is 0 Å². The number of amides is 1. The number of pyridine rings is 1. The van der Waals surface area contributed by atoms with Crippen molar-refractivity contribution in [2.24, 2.45) is 0 Å². The summed E-state index contributed by atoms with van der Waals surface area (Å²) in [6, 6.07) is 3.81. The zero-order valence-corrected chi connectivity index (χ0v) is 11.1. The third kappa shape index (κ3) is 2.85. The lowest BCUT2D eigenvalue weighted by molar-refractivity contribution is 0.0930. The first kappa shape index (κ1) is 12.8. The van der Waals surface area contributed by atoms with Gasteiger partial charge in [0, 0.05) is 31.2 Å². The van der Waals surface area contributed by atoms with E-state index in [4.69, 9.17) is 0 Å². The lowest BCUT2D eigenvalue weighted by Gasteiger charge is -2.23. The lowest BCUT2D eigenvalue weighted by atomic mass is 10.1. The SMILES string of the molecule is O=C(NC1CCCNC1)c1ccc(-n2ccnc2)nc1.